The van der Waals surface area contributed by atoms with Gasteiger partial charge < -0.3 is 5.32 Å². The van der Waals surface area contributed by atoms with Crippen LogP contribution >= 0.6 is 0 Å². The summed E-state index contributed by atoms with van der Waals surface area (Å²) in [6.45, 7) is 8.45. The van der Waals surface area contributed by atoms with Gasteiger partial charge in [0, 0.05) is 16.7 Å². The maximum Gasteiger partial charge on any atom is 0.251 e. The van der Waals surface area contributed by atoms with Gasteiger partial charge in [-0.05, 0) is 42.2 Å². The second-order valence-corrected chi connectivity index (χ2v) is 5.68. The van der Waals surface area contributed by atoms with Gasteiger partial charge in [-0.25, -0.2) is 0 Å². The number of fused-ring (bicyclic) bond motifs is 2. The third kappa shape index (κ3) is 1.26. The fourth-order valence-corrected chi connectivity index (χ4v) is 3.45. The molecule has 92 valence electrons. The summed E-state index contributed by atoms with van der Waals surface area (Å²) in [4.78, 5) is 11.9. The molecule has 1 aromatic rings. The zero-order chi connectivity index (χ0) is 13.1. The number of hydrogen-bond donors (Lipinski definition) is 1. The first kappa shape index (κ1) is 11.3. The molecule has 3 rings (SSSR count). The predicted octanol–water partition coefficient (Wildman–Crippen LogP) is 3.07. The SMILES string of the molecule is CC1=C2C(=Cc3cccc(C)c3C2(C)C)NC1=O. The molecule has 0 unspecified atom stereocenters. The van der Waals surface area contributed by atoms with E-state index >= 15 is 0 Å². The Morgan fingerprint density at radius 1 is 1.17 bits per heavy atom. The highest BCUT2D eigenvalue weighted by Crippen LogP contribution is 2.46. The molecule has 0 atom stereocenters. The lowest BCUT2D eigenvalue weighted by molar-refractivity contribution is -0.116. The van der Waals surface area contributed by atoms with Gasteiger partial charge in [0.15, 0.2) is 0 Å². The van der Waals surface area contributed by atoms with Crippen molar-refractivity contribution in [1.82, 2.24) is 5.32 Å². The number of hydrogen-bond acceptors (Lipinski definition) is 1. The van der Waals surface area contributed by atoms with Crippen molar-refractivity contribution in [2.24, 2.45) is 0 Å². The zero-order valence-corrected chi connectivity index (χ0v) is 11.2. The van der Waals surface area contributed by atoms with Gasteiger partial charge in [0.05, 0.1) is 0 Å². The first-order chi connectivity index (χ1) is 8.43. The highest BCUT2D eigenvalue weighted by Gasteiger charge is 2.40. The van der Waals surface area contributed by atoms with E-state index in [1.807, 2.05) is 6.92 Å². The van der Waals surface area contributed by atoms with Crippen molar-refractivity contribution in [2.75, 3.05) is 0 Å². The van der Waals surface area contributed by atoms with E-state index in [4.69, 9.17) is 0 Å². The molecule has 0 spiro atoms. The smallest absolute Gasteiger partial charge is 0.251 e. The number of allylic oxidation sites excluding steroid dienone is 1. The molecule has 2 heteroatoms. The normalized spacial score (nSPS) is 20.2. The van der Waals surface area contributed by atoms with Crippen LogP contribution in [0.2, 0.25) is 0 Å². The lowest BCUT2D eigenvalue weighted by atomic mass is 9.69. The summed E-state index contributed by atoms with van der Waals surface area (Å²) in [7, 11) is 0. The second-order valence-electron chi connectivity index (χ2n) is 5.68. The Morgan fingerprint density at radius 2 is 1.89 bits per heavy atom. The number of amides is 1. The summed E-state index contributed by atoms with van der Waals surface area (Å²) in [5, 5.41) is 2.97. The molecule has 1 N–H and O–H groups in total. The Kier molecular flexibility index (Phi) is 2.10. The highest BCUT2D eigenvalue weighted by molar-refractivity contribution is 6.02. The molecule has 2 aliphatic rings. The minimum absolute atomic E-state index is 0.0368. The molecule has 0 saturated heterocycles. The van der Waals surface area contributed by atoms with E-state index in [0.717, 1.165) is 16.8 Å². The molecule has 18 heavy (non-hydrogen) atoms. The van der Waals surface area contributed by atoms with E-state index in [1.54, 1.807) is 0 Å². The summed E-state index contributed by atoms with van der Waals surface area (Å²) >= 11 is 0. The Morgan fingerprint density at radius 3 is 2.61 bits per heavy atom. The molecule has 0 bridgehead atoms. The van der Waals surface area contributed by atoms with Gasteiger partial charge in [0.1, 0.15) is 0 Å². The van der Waals surface area contributed by atoms with Crippen LogP contribution in [0.25, 0.3) is 6.08 Å². The van der Waals surface area contributed by atoms with Crippen LogP contribution in [0.15, 0.2) is 35.0 Å². The third-order valence-electron chi connectivity index (χ3n) is 4.09. The van der Waals surface area contributed by atoms with Crippen molar-refractivity contribution in [3.05, 3.63) is 51.7 Å². The third-order valence-corrected chi connectivity index (χ3v) is 4.09. The van der Waals surface area contributed by atoms with Gasteiger partial charge in [-0.1, -0.05) is 32.0 Å². The van der Waals surface area contributed by atoms with Gasteiger partial charge in [-0.3, -0.25) is 4.79 Å². The molecular formula is C16H17NO. The number of aryl methyl sites for hydroxylation is 1. The largest absolute Gasteiger partial charge is 0.322 e. The summed E-state index contributed by atoms with van der Waals surface area (Å²) in [6.07, 6.45) is 2.09. The van der Waals surface area contributed by atoms with E-state index < -0.39 is 0 Å². The summed E-state index contributed by atoms with van der Waals surface area (Å²) < 4.78 is 0. The molecule has 2 nitrogen and oxygen atoms in total. The minimum atomic E-state index is -0.117. The molecule has 1 aliphatic carbocycles. The van der Waals surface area contributed by atoms with Crippen LogP contribution in [0.4, 0.5) is 0 Å². The Balaban J connectivity index is 2.38. The van der Waals surface area contributed by atoms with E-state index in [9.17, 15) is 4.79 Å². The number of rotatable bonds is 0. The first-order valence-corrected chi connectivity index (χ1v) is 6.28. The topological polar surface area (TPSA) is 29.1 Å². The van der Waals surface area contributed by atoms with Crippen molar-refractivity contribution in [3.63, 3.8) is 0 Å². The maximum absolute atomic E-state index is 11.9. The van der Waals surface area contributed by atoms with E-state index in [0.29, 0.717) is 0 Å². The Bertz CT molecular complexity index is 632. The van der Waals surface area contributed by atoms with Gasteiger partial charge in [0.25, 0.3) is 5.91 Å². The van der Waals surface area contributed by atoms with Gasteiger partial charge in [0.2, 0.25) is 0 Å². The Hall–Kier alpha value is -1.83. The first-order valence-electron chi connectivity index (χ1n) is 6.28. The molecule has 0 saturated carbocycles. The van der Waals surface area contributed by atoms with Crippen LogP contribution in [-0.4, -0.2) is 5.91 Å². The van der Waals surface area contributed by atoms with Crippen LogP contribution < -0.4 is 5.32 Å². The average Bonchev–Trinajstić information content (AvgIpc) is 2.54. The lowest BCUT2D eigenvalue weighted by Gasteiger charge is -2.35. The van der Waals surface area contributed by atoms with E-state index in [1.165, 1.54) is 16.7 Å². The monoisotopic (exact) mass is 239 g/mol. The van der Waals surface area contributed by atoms with E-state index in [-0.39, 0.29) is 11.3 Å². The average molecular weight is 239 g/mol. The summed E-state index contributed by atoms with van der Waals surface area (Å²) in [5.41, 5.74) is 6.68. The minimum Gasteiger partial charge on any atom is -0.322 e. The van der Waals surface area contributed by atoms with Crippen LogP contribution in [0.1, 0.15) is 37.5 Å². The zero-order valence-electron chi connectivity index (χ0n) is 11.2. The number of benzene rings is 1. The molecular weight excluding hydrogens is 222 g/mol. The number of carbonyl (C=O) groups is 1. The van der Waals surface area contributed by atoms with Gasteiger partial charge in [-0.15, -0.1) is 0 Å². The fourth-order valence-electron chi connectivity index (χ4n) is 3.45. The fraction of sp³-hybridized carbons (Fsp3) is 0.312. The molecule has 0 fully saturated rings. The summed E-state index contributed by atoms with van der Waals surface area (Å²) in [5.74, 6) is 0.0368. The molecule has 1 aromatic carbocycles. The number of nitrogens with one attached hydrogen (secondary N) is 1. The van der Waals surface area contributed by atoms with Crippen LogP contribution in [-0.2, 0) is 10.2 Å². The standard InChI is InChI=1S/C16H17NO/c1-9-6-5-7-11-8-12-14(10(2)15(18)17-12)16(3,4)13(9)11/h5-8H,1-4H3,(H,17,18). The van der Waals surface area contributed by atoms with Crippen molar-refractivity contribution >= 4 is 12.0 Å². The molecule has 1 amide bonds. The maximum atomic E-state index is 11.9. The van der Waals surface area contributed by atoms with Crippen molar-refractivity contribution in [3.8, 4) is 0 Å². The van der Waals surface area contributed by atoms with Crippen molar-refractivity contribution in [1.29, 1.82) is 0 Å². The quantitative estimate of drug-likeness (QED) is 0.740. The predicted molar refractivity (Wildman–Crippen MR) is 73.0 cm³/mol. The molecule has 1 heterocycles. The highest BCUT2D eigenvalue weighted by atomic mass is 16.1. The molecule has 1 aliphatic heterocycles. The van der Waals surface area contributed by atoms with Crippen LogP contribution in [0, 0.1) is 6.92 Å². The van der Waals surface area contributed by atoms with Gasteiger partial charge >= 0.3 is 0 Å². The lowest BCUT2D eigenvalue weighted by Crippen LogP contribution is -2.28. The second kappa shape index (κ2) is 3.35. The van der Waals surface area contributed by atoms with Crippen LogP contribution in [0.5, 0.6) is 0 Å². The molecule has 0 radical (unpaired) electrons. The van der Waals surface area contributed by atoms with Crippen molar-refractivity contribution < 1.29 is 4.79 Å². The molecule has 0 aromatic heterocycles. The van der Waals surface area contributed by atoms with Crippen molar-refractivity contribution in [2.45, 2.75) is 33.1 Å². The number of carbonyl (C=O) groups excluding carboxylic acids is 1. The van der Waals surface area contributed by atoms with E-state index in [2.05, 4.69) is 50.4 Å². The van der Waals surface area contributed by atoms with Gasteiger partial charge in [-0.2, -0.15) is 0 Å². The Labute approximate surface area is 107 Å². The summed E-state index contributed by atoms with van der Waals surface area (Å²) in [6, 6.07) is 6.33. The van der Waals surface area contributed by atoms with Crippen LogP contribution in [0.3, 0.4) is 0 Å².